The van der Waals surface area contributed by atoms with Crippen molar-refractivity contribution in [3.8, 4) is 0 Å². The number of aliphatic hydroxyl groups is 2. The SMILES string of the molecule is CCCCCCCC/C=C\CCCCCCCCCC(=O)OCCCCCCCCCCCCCCCC(=O)NC(CO)C(O)/C=C/CCCCCCCCCCCCCCCCCCC. The Hall–Kier alpha value is -1.66. The molecule has 0 fully saturated rings. The Labute approximate surface area is 411 Å². The van der Waals surface area contributed by atoms with Crippen LogP contribution in [0, 0.1) is 0 Å². The van der Waals surface area contributed by atoms with Crippen LogP contribution in [0.2, 0.25) is 0 Å². The average Bonchev–Trinajstić information content (AvgIpc) is 3.32. The monoisotopic (exact) mass is 930 g/mol. The van der Waals surface area contributed by atoms with Gasteiger partial charge in [0.1, 0.15) is 0 Å². The molecule has 0 aromatic carbocycles. The van der Waals surface area contributed by atoms with Gasteiger partial charge in [-0.15, -0.1) is 0 Å². The van der Waals surface area contributed by atoms with Crippen LogP contribution in [0.15, 0.2) is 24.3 Å². The maximum atomic E-state index is 12.5. The van der Waals surface area contributed by atoms with E-state index in [4.69, 9.17) is 4.74 Å². The molecule has 0 radical (unpaired) electrons. The molecule has 2 unspecified atom stereocenters. The van der Waals surface area contributed by atoms with Crippen LogP contribution in [0.3, 0.4) is 0 Å². The smallest absolute Gasteiger partial charge is 0.305 e. The van der Waals surface area contributed by atoms with E-state index in [1.807, 2.05) is 6.08 Å². The molecule has 0 aliphatic heterocycles. The highest BCUT2D eigenvalue weighted by Gasteiger charge is 2.18. The molecule has 0 rings (SSSR count). The summed E-state index contributed by atoms with van der Waals surface area (Å²) in [6.45, 7) is 4.89. The van der Waals surface area contributed by atoms with E-state index in [0.717, 1.165) is 57.8 Å². The van der Waals surface area contributed by atoms with E-state index in [1.165, 1.54) is 238 Å². The van der Waals surface area contributed by atoms with Gasteiger partial charge in [0.05, 0.1) is 25.4 Å². The van der Waals surface area contributed by atoms with Gasteiger partial charge in [0, 0.05) is 12.8 Å². The van der Waals surface area contributed by atoms with Crippen LogP contribution in [-0.2, 0) is 14.3 Å². The third kappa shape index (κ3) is 51.7. The molecule has 0 spiro atoms. The summed E-state index contributed by atoms with van der Waals surface area (Å²) in [6.07, 6.45) is 67.7. The number of carbonyl (C=O) groups excluding carboxylic acids is 2. The molecule has 3 N–H and O–H groups in total. The van der Waals surface area contributed by atoms with Crippen LogP contribution in [0.5, 0.6) is 0 Å². The molecule has 2 atom stereocenters. The largest absolute Gasteiger partial charge is 0.466 e. The van der Waals surface area contributed by atoms with Gasteiger partial charge in [0.25, 0.3) is 0 Å². The van der Waals surface area contributed by atoms with Gasteiger partial charge >= 0.3 is 5.97 Å². The summed E-state index contributed by atoms with van der Waals surface area (Å²) in [5.74, 6) is -0.0881. The first-order valence-electron chi connectivity index (χ1n) is 29.6. The van der Waals surface area contributed by atoms with Crippen molar-refractivity contribution >= 4 is 11.9 Å². The van der Waals surface area contributed by atoms with Crippen molar-refractivity contribution in [2.24, 2.45) is 0 Å². The maximum absolute atomic E-state index is 12.5. The van der Waals surface area contributed by atoms with Gasteiger partial charge in [-0.05, 0) is 57.8 Å². The van der Waals surface area contributed by atoms with Crippen molar-refractivity contribution in [1.29, 1.82) is 0 Å². The fourth-order valence-corrected chi connectivity index (χ4v) is 9.16. The second kappa shape index (κ2) is 55.9. The number of ether oxygens (including phenoxy) is 1. The standard InChI is InChI=1S/C60H115NO5/c1-3-5-7-9-11-13-15-17-19-21-22-24-25-28-32-36-40-44-48-52-58(63)57(56-62)61-59(64)53-49-45-41-37-33-29-27-31-35-39-43-47-51-55-66-60(65)54-50-46-42-38-34-30-26-23-20-18-16-14-12-10-8-6-4-2/h18,20,48,52,57-58,62-63H,3-17,19,21-47,49-51,53-56H2,1-2H3,(H,61,64)/b20-18-,52-48+. The Morgan fingerprint density at radius 1 is 0.409 bits per heavy atom. The lowest BCUT2D eigenvalue weighted by molar-refractivity contribution is -0.143. The van der Waals surface area contributed by atoms with Gasteiger partial charge in [-0.25, -0.2) is 0 Å². The molecule has 0 aromatic heterocycles. The number of aliphatic hydroxyl groups excluding tert-OH is 2. The number of carbonyl (C=O) groups is 2. The van der Waals surface area contributed by atoms with E-state index in [0.29, 0.717) is 19.4 Å². The number of hydrogen-bond donors (Lipinski definition) is 3. The lowest BCUT2D eigenvalue weighted by Gasteiger charge is -2.20. The highest BCUT2D eigenvalue weighted by molar-refractivity contribution is 5.76. The molecule has 0 bridgehead atoms. The van der Waals surface area contributed by atoms with Crippen molar-refractivity contribution in [2.45, 2.75) is 334 Å². The third-order valence-corrected chi connectivity index (χ3v) is 13.7. The summed E-state index contributed by atoms with van der Waals surface area (Å²) < 4.78 is 5.48. The van der Waals surface area contributed by atoms with E-state index in [9.17, 15) is 19.8 Å². The molecule has 1 amide bonds. The minimum absolute atomic E-state index is 0.00965. The number of hydrogen-bond acceptors (Lipinski definition) is 5. The van der Waals surface area contributed by atoms with Crippen LogP contribution in [0.25, 0.3) is 0 Å². The summed E-state index contributed by atoms with van der Waals surface area (Å²) in [5, 5.41) is 23.2. The second-order valence-corrected chi connectivity index (χ2v) is 20.3. The molecule has 0 aliphatic rings. The summed E-state index contributed by atoms with van der Waals surface area (Å²) in [7, 11) is 0. The van der Waals surface area contributed by atoms with E-state index < -0.39 is 12.1 Å². The predicted octanol–water partition coefficient (Wildman–Crippen LogP) is 18.2. The molecule has 6 heteroatoms. The number of nitrogens with one attached hydrogen (secondary N) is 1. The van der Waals surface area contributed by atoms with E-state index >= 15 is 0 Å². The molecule has 0 heterocycles. The lowest BCUT2D eigenvalue weighted by Crippen LogP contribution is -2.45. The van der Waals surface area contributed by atoms with Gasteiger partial charge in [0.2, 0.25) is 5.91 Å². The van der Waals surface area contributed by atoms with Gasteiger partial charge < -0.3 is 20.3 Å². The summed E-state index contributed by atoms with van der Waals surface area (Å²) in [5.41, 5.74) is 0. The Balaban J connectivity index is 3.47. The van der Waals surface area contributed by atoms with Crippen molar-refractivity contribution in [1.82, 2.24) is 5.32 Å². The van der Waals surface area contributed by atoms with Crippen LogP contribution in [-0.4, -0.2) is 47.4 Å². The van der Waals surface area contributed by atoms with Crippen molar-refractivity contribution in [2.75, 3.05) is 13.2 Å². The molecule has 0 aliphatic carbocycles. The van der Waals surface area contributed by atoms with Crippen molar-refractivity contribution in [3.63, 3.8) is 0 Å². The van der Waals surface area contributed by atoms with Crippen LogP contribution < -0.4 is 5.32 Å². The first-order chi connectivity index (χ1) is 32.5. The molecular weight excluding hydrogens is 815 g/mol. The van der Waals surface area contributed by atoms with Gasteiger partial charge in [-0.2, -0.15) is 0 Å². The lowest BCUT2D eigenvalue weighted by atomic mass is 10.0. The highest BCUT2D eigenvalue weighted by atomic mass is 16.5. The van der Waals surface area contributed by atoms with E-state index in [2.05, 4.69) is 31.3 Å². The zero-order chi connectivity index (χ0) is 47.9. The van der Waals surface area contributed by atoms with Gasteiger partial charge in [-0.1, -0.05) is 276 Å². The topological polar surface area (TPSA) is 95.9 Å². The average molecular weight is 931 g/mol. The molecule has 0 saturated carbocycles. The number of unbranched alkanes of at least 4 members (excludes halogenated alkanes) is 42. The Bertz CT molecular complexity index is 1030. The molecule has 66 heavy (non-hydrogen) atoms. The summed E-state index contributed by atoms with van der Waals surface area (Å²) in [4.78, 5) is 24.6. The molecule has 6 nitrogen and oxygen atoms in total. The number of esters is 1. The van der Waals surface area contributed by atoms with E-state index in [-0.39, 0.29) is 18.5 Å². The Kier molecular flexibility index (Phi) is 54.5. The molecule has 390 valence electrons. The van der Waals surface area contributed by atoms with Gasteiger partial charge in [0.15, 0.2) is 0 Å². The zero-order valence-electron chi connectivity index (χ0n) is 44.4. The van der Waals surface area contributed by atoms with Crippen LogP contribution >= 0.6 is 0 Å². The van der Waals surface area contributed by atoms with Crippen molar-refractivity contribution < 1.29 is 24.5 Å². The Morgan fingerprint density at radius 3 is 1.08 bits per heavy atom. The normalized spacial score (nSPS) is 12.7. The number of allylic oxidation sites excluding steroid dienone is 3. The van der Waals surface area contributed by atoms with Gasteiger partial charge in [-0.3, -0.25) is 9.59 Å². The number of rotatable bonds is 55. The predicted molar refractivity (Wildman–Crippen MR) is 287 cm³/mol. The quantitative estimate of drug-likeness (QED) is 0.0321. The molecule has 0 saturated heterocycles. The first kappa shape index (κ1) is 64.3. The van der Waals surface area contributed by atoms with Crippen LogP contribution in [0.4, 0.5) is 0 Å². The summed E-state index contributed by atoms with van der Waals surface area (Å²) in [6, 6.07) is -0.638. The molecular formula is C60H115NO5. The summed E-state index contributed by atoms with van der Waals surface area (Å²) >= 11 is 0. The minimum atomic E-state index is -0.853. The number of amides is 1. The minimum Gasteiger partial charge on any atom is -0.466 e. The molecule has 0 aromatic rings. The zero-order valence-corrected chi connectivity index (χ0v) is 44.4. The second-order valence-electron chi connectivity index (χ2n) is 20.3. The third-order valence-electron chi connectivity index (χ3n) is 13.7. The maximum Gasteiger partial charge on any atom is 0.305 e. The fraction of sp³-hybridized carbons (Fsp3) is 0.900. The van der Waals surface area contributed by atoms with Crippen LogP contribution in [0.1, 0.15) is 322 Å². The van der Waals surface area contributed by atoms with Crippen molar-refractivity contribution in [3.05, 3.63) is 24.3 Å². The highest BCUT2D eigenvalue weighted by Crippen LogP contribution is 2.17. The first-order valence-corrected chi connectivity index (χ1v) is 29.6. The van der Waals surface area contributed by atoms with E-state index in [1.54, 1.807) is 6.08 Å². The fourth-order valence-electron chi connectivity index (χ4n) is 9.16. The Morgan fingerprint density at radius 2 is 0.712 bits per heavy atom.